The lowest BCUT2D eigenvalue weighted by atomic mass is 9.77. The maximum atomic E-state index is 12.4. The molecular formula is C19H22N2O. The highest BCUT2D eigenvalue weighted by Crippen LogP contribution is 2.34. The largest absolute Gasteiger partial charge is 0.323 e. The van der Waals surface area contributed by atoms with Crippen LogP contribution in [-0.2, 0) is 13.0 Å². The zero-order valence-electron chi connectivity index (χ0n) is 13.5. The summed E-state index contributed by atoms with van der Waals surface area (Å²) in [7, 11) is 0. The molecule has 0 fully saturated rings. The van der Waals surface area contributed by atoms with Gasteiger partial charge in [0.25, 0.3) is 0 Å². The molecule has 1 heterocycles. The molecule has 3 nitrogen and oxygen atoms in total. The molecule has 3 heteroatoms. The summed E-state index contributed by atoms with van der Waals surface area (Å²) in [5.41, 5.74) is 5.14. The smallest absolute Gasteiger partial charge is 0.181 e. The fourth-order valence-electron chi connectivity index (χ4n) is 3.12. The SMILES string of the molecule is C=C(C)c1ccc(Cn2cnc3c2C(=O)CC(C)(C)C3)cc1. The van der Waals surface area contributed by atoms with E-state index in [4.69, 9.17) is 0 Å². The second-order valence-electron chi connectivity index (χ2n) is 7.09. The lowest BCUT2D eigenvalue weighted by Gasteiger charge is -2.28. The van der Waals surface area contributed by atoms with Crippen molar-refractivity contribution < 1.29 is 4.79 Å². The minimum absolute atomic E-state index is 0.0202. The molecule has 1 aromatic heterocycles. The van der Waals surface area contributed by atoms with Gasteiger partial charge in [-0.2, -0.15) is 0 Å². The molecule has 0 saturated carbocycles. The number of ketones is 1. The number of allylic oxidation sites excluding steroid dienone is 1. The summed E-state index contributed by atoms with van der Waals surface area (Å²) < 4.78 is 1.99. The number of Topliss-reactive ketones (excluding diaryl/α,β-unsaturated/α-hetero) is 1. The van der Waals surface area contributed by atoms with Crippen molar-refractivity contribution in [2.45, 2.75) is 40.2 Å². The number of carbonyl (C=O) groups excluding carboxylic acids is 1. The molecule has 0 radical (unpaired) electrons. The summed E-state index contributed by atoms with van der Waals surface area (Å²) in [6.07, 6.45) is 3.27. The van der Waals surface area contributed by atoms with Crippen LogP contribution in [0.1, 0.15) is 54.5 Å². The molecule has 0 amide bonds. The monoisotopic (exact) mass is 294 g/mol. The van der Waals surface area contributed by atoms with E-state index in [-0.39, 0.29) is 11.2 Å². The Kier molecular flexibility index (Phi) is 3.51. The van der Waals surface area contributed by atoms with E-state index < -0.39 is 0 Å². The highest BCUT2D eigenvalue weighted by molar-refractivity contribution is 5.97. The molecule has 1 aliphatic carbocycles. The zero-order valence-corrected chi connectivity index (χ0v) is 13.5. The molecule has 0 spiro atoms. The van der Waals surface area contributed by atoms with E-state index in [1.165, 1.54) is 5.56 Å². The van der Waals surface area contributed by atoms with Crippen molar-refractivity contribution in [2.75, 3.05) is 0 Å². The quantitative estimate of drug-likeness (QED) is 0.853. The number of nitrogens with zero attached hydrogens (tertiary/aromatic N) is 2. The van der Waals surface area contributed by atoms with Crippen molar-refractivity contribution in [3.63, 3.8) is 0 Å². The van der Waals surface area contributed by atoms with E-state index in [0.717, 1.165) is 28.9 Å². The molecule has 114 valence electrons. The molecule has 3 rings (SSSR count). The van der Waals surface area contributed by atoms with Crippen LogP contribution in [0.25, 0.3) is 5.57 Å². The van der Waals surface area contributed by atoms with Crippen molar-refractivity contribution in [3.05, 3.63) is 59.7 Å². The van der Waals surface area contributed by atoms with Gasteiger partial charge in [-0.3, -0.25) is 4.79 Å². The van der Waals surface area contributed by atoms with Gasteiger partial charge < -0.3 is 4.57 Å². The summed E-state index contributed by atoms with van der Waals surface area (Å²) >= 11 is 0. The fraction of sp³-hybridized carbons (Fsp3) is 0.368. The van der Waals surface area contributed by atoms with Gasteiger partial charge in [-0.25, -0.2) is 4.98 Å². The van der Waals surface area contributed by atoms with Gasteiger partial charge in [0.05, 0.1) is 12.0 Å². The first-order chi connectivity index (χ1) is 10.4. The molecule has 0 unspecified atom stereocenters. The first-order valence-corrected chi connectivity index (χ1v) is 7.68. The minimum Gasteiger partial charge on any atom is -0.323 e. The standard InChI is InChI=1S/C19H22N2O/c1-13(2)15-7-5-14(6-8-15)11-21-12-20-16-9-19(3,4)10-17(22)18(16)21/h5-8,12H,1,9-11H2,2-4H3. The Balaban J connectivity index is 1.87. The topological polar surface area (TPSA) is 34.9 Å². The molecule has 22 heavy (non-hydrogen) atoms. The third kappa shape index (κ3) is 2.76. The summed E-state index contributed by atoms with van der Waals surface area (Å²) in [4.78, 5) is 16.9. The summed E-state index contributed by atoms with van der Waals surface area (Å²) in [5.74, 6) is 0.210. The maximum Gasteiger partial charge on any atom is 0.181 e. The molecule has 0 aliphatic heterocycles. The van der Waals surface area contributed by atoms with Crippen LogP contribution in [0.4, 0.5) is 0 Å². The van der Waals surface area contributed by atoms with Crippen LogP contribution in [0.3, 0.4) is 0 Å². The van der Waals surface area contributed by atoms with Gasteiger partial charge in [0.2, 0.25) is 0 Å². The molecule has 1 aliphatic rings. The predicted molar refractivity (Wildman–Crippen MR) is 88.9 cm³/mol. The Hall–Kier alpha value is -2.16. The van der Waals surface area contributed by atoms with Crippen molar-refractivity contribution >= 4 is 11.4 Å². The number of hydrogen-bond donors (Lipinski definition) is 0. The second-order valence-corrected chi connectivity index (χ2v) is 7.09. The summed E-state index contributed by atoms with van der Waals surface area (Å²) in [6.45, 7) is 10.9. The van der Waals surface area contributed by atoms with Gasteiger partial charge in [0.15, 0.2) is 5.78 Å². The van der Waals surface area contributed by atoms with Crippen molar-refractivity contribution in [1.29, 1.82) is 0 Å². The van der Waals surface area contributed by atoms with Gasteiger partial charge in [0.1, 0.15) is 5.69 Å². The van der Waals surface area contributed by atoms with Crippen molar-refractivity contribution in [2.24, 2.45) is 5.41 Å². The lowest BCUT2D eigenvalue weighted by molar-refractivity contribution is 0.0901. The van der Waals surface area contributed by atoms with Crippen LogP contribution in [0.5, 0.6) is 0 Å². The molecule has 1 aromatic carbocycles. The molecule has 0 bridgehead atoms. The number of aromatic nitrogens is 2. The van der Waals surface area contributed by atoms with E-state index in [2.05, 4.69) is 49.7 Å². The highest BCUT2D eigenvalue weighted by atomic mass is 16.1. The summed E-state index contributed by atoms with van der Waals surface area (Å²) in [6, 6.07) is 8.33. The van der Waals surface area contributed by atoms with Gasteiger partial charge in [-0.1, -0.05) is 50.3 Å². The first-order valence-electron chi connectivity index (χ1n) is 7.68. The number of rotatable bonds is 3. The molecule has 0 saturated heterocycles. The van der Waals surface area contributed by atoms with E-state index in [1.54, 1.807) is 6.33 Å². The third-order valence-corrected chi connectivity index (χ3v) is 4.26. The fourth-order valence-corrected chi connectivity index (χ4v) is 3.12. The Morgan fingerprint density at radius 1 is 1.27 bits per heavy atom. The van der Waals surface area contributed by atoms with E-state index in [9.17, 15) is 4.79 Å². The average molecular weight is 294 g/mol. The number of carbonyl (C=O) groups is 1. The Labute approximate surface area is 131 Å². The molecule has 2 aromatic rings. The first kappa shape index (κ1) is 14.8. The molecule has 0 N–H and O–H groups in total. The Morgan fingerprint density at radius 3 is 2.59 bits per heavy atom. The van der Waals surface area contributed by atoms with Gasteiger partial charge in [0, 0.05) is 13.0 Å². The number of fused-ring (bicyclic) bond motifs is 1. The van der Waals surface area contributed by atoms with Crippen LogP contribution >= 0.6 is 0 Å². The predicted octanol–water partition coefficient (Wildman–Crippen LogP) is 4.12. The Morgan fingerprint density at radius 2 is 1.95 bits per heavy atom. The maximum absolute atomic E-state index is 12.4. The zero-order chi connectivity index (χ0) is 15.9. The second kappa shape index (κ2) is 5.24. The summed E-state index contributed by atoms with van der Waals surface area (Å²) in [5, 5.41) is 0. The van der Waals surface area contributed by atoms with Crippen LogP contribution in [-0.4, -0.2) is 15.3 Å². The van der Waals surface area contributed by atoms with Gasteiger partial charge in [-0.15, -0.1) is 0 Å². The van der Waals surface area contributed by atoms with Crippen molar-refractivity contribution in [3.8, 4) is 0 Å². The van der Waals surface area contributed by atoms with Crippen LogP contribution in [0, 0.1) is 5.41 Å². The normalized spacial score (nSPS) is 16.4. The van der Waals surface area contributed by atoms with Crippen LogP contribution in [0.15, 0.2) is 37.2 Å². The molecule has 0 atom stereocenters. The number of imidazole rings is 1. The number of hydrogen-bond acceptors (Lipinski definition) is 2. The Bertz CT molecular complexity index is 735. The minimum atomic E-state index is 0.0202. The number of benzene rings is 1. The van der Waals surface area contributed by atoms with E-state index in [0.29, 0.717) is 13.0 Å². The van der Waals surface area contributed by atoms with Crippen LogP contribution < -0.4 is 0 Å². The van der Waals surface area contributed by atoms with Gasteiger partial charge >= 0.3 is 0 Å². The van der Waals surface area contributed by atoms with E-state index in [1.807, 2.05) is 11.5 Å². The highest BCUT2D eigenvalue weighted by Gasteiger charge is 2.34. The lowest BCUT2D eigenvalue weighted by Crippen LogP contribution is -2.28. The van der Waals surface area contributed by atoms with Gasteiger partial charge in [-0.05, 0) is 29.9 Å². The van der Waals surface area contributed by atoms with Crippen LogP contribution in [0.2, 0.25) is 0 Å². The van der Waals surface area contributed by atoms with Crippen molar-refractivity contribution in [1.82, 2.24) is 9.55 Å². The van der Waals surface area contributed by atoms with E-state index >= 15 is 0 Å². The average Bonchev–Trinajstić information content (AvgIpc) is 2.80. The third-order valence-electron chi connectivity index (χ3n) is 4.26. The molecular weight excluding hydrogens is 272 g/mol.